The summed E-state index contributed by atoms with van der Waals surface area (Å²) in [6.07, 6.45) is 7.34. The Kier molecular flexibility index (Phi) is 5.70. The van der Waals surface area contributed by atoms with Gasteiger partial charge >= 0.3 is 0 Å². The van der Waals surface area contributed by atoms with Gasteiger partial charge in [-0.25, -0.2) is 0 Å². The highest BCUT2D eigenvalue weighted by atomic mass is 28.3. The molecular weight excluding hydrogens is 368 g/mol. The van der Waals surface area contributed by atoms with E-state index in [-0.39, 0.29) is 5.41 Å². The van der Waals surface area contributed by atoms with E-state index in [0.29, 0.717) is 10.6 Å². The van der Waals surface area contributed by atoms with Gasteiger partial charge in [0.25, 0.3) is 0 Å². The average molecular weight is 405 g/mol. The van der Waals surface area contributed by atoms with E-state index in [1.54, 1.807) is 7.11 Å². The predicted octanol–water partition coefficient (Wildman–Crippen LogP) is 8.01. The van der Waals surface area contributed by atoms with Gasteiger partial charge in [0.1, 0.15) is 5.75 Å². The lowest BCUT2D eigenvalue weighted by Crippen LogP contribution is -2.40. The first kappa shape index (κ1) is 21.6. The molecule has 0 heterocycles. The molecule has 1 aliphatic carbocycles. The van der Waals surface area contributed by atoms with Gasteiger partial charge < -0.3 is 4.74 Å². The van der Waals surface area contributed by atoms with Crippen molar-refractivity contribution >= 4 is 8.07 Å². The quantitative estimate of drug-likeness (QED) is 0.458. The van der Waals surface area contributed by atoms with Gasteiger partial charge in [0.05, 0.1) is 15.2 Å². The Bertz CT molecular complexity index is 927. The molecule has 2 aromatic rings. The van der Waals surface area contributed by atoms with Crippen LogP contribution in [-0.2, 0) is 5.41 Å². The Morgan fingerprint density at radius 3 is 2.10 bits per heavy atom. The second-order valence-electron chi connectivity index (χ2n) is 10.4. The average Bonchev–Trinajstić information content (AvgIpc) is 3.19. The molecule has 0 N–H and O–H groups in total. The van der Waals surface area contributed by atoms with Crippen LogP contribution in [0, 0.1) is 0 Å². The summed E-state index contributed by atoms with van der Waals surface area (Å²) in [4.78, 5) is 0. The van der Waals surface area contributed by atoms with Crippen LogP contribution >= 0.6 is 0 Å². The van der Waals surface area contributed by atoms with Gasteiger partial charge in [-0.3, -0.25) is 0 Å². The maximum absolute atomic E-state index is 5.98. The van der Waals surface area contributed by atoms with Crippen LogP contribution in [0.4, 0.5) is 0 Å². The molecule has 29 heavy (non-hydrogen) atoms. The Balaban J connectivity index is 2.05. The van der Waals surface area contributed by atoms with E-state index in [1.807, 2.05) is 0 Å². The lowest BCUT2D eigenvalue weighted by atomic mass is 9.76. The molecule has 0 aromatic heterocycles. The Labute approximate surface area is 178 Å². The van der Waals surface area contributed by atoms with E-state index in [2.05, 4.69) is 114 Å². The van der Waals surface area contributed by atoms with Gasteiger partial charge in [0.15, 0.2) is 0 Å². The number of allylic oxidation sites excluding steroid dienone is 4. The molecule has 0 amide bonds. The zero-order chi connectivity index (χ0) is 21.4. The lowest BCUT2D eigenvalue weighted by Gasteiger charge is -2.40. The number of hydrogen-bond donors (Lipinski definition) is 0. The van der Waals surface area contributed by atoms with Crippen molar-refractivity contribution in [3.05, 3.63) is 77.9 Å². The SMILES string of the molecule is COc1c(-c2ccccc2)cccc1C(C)(C)C1=CC([Si](C)(C)C(C)(C)C)C=C1. The molecule has 0 saturated carbocycles. The molecule has 0 radical (unpaired) electrons. The van der Waals surface area contributed by atoms with Crippen molar-refractivity contribution in [2.45, 2.75) is 63.7 Å². The summed E-state index contributed by atoms with van der Waals surface area (Å²) in [5.74, 6) is 0.980. The van der Waals surface area contributed by atoms with Crippen molar-refractivity contribution in [3.63, 3.8) is 0 Å². The number of ether oxygens (including phenoxy) is 1. The standard InChI is InChI=1S/C27H36OSi/c1-26(2,3)29(7,8)22-18-17-21(19-22)27(4,5)24-16-12-15-23(25(24)28-6)20-13-10-9-11-14-20/h9-19,22H,1-8H3. The molecule has 1 nitrogen and oxygen atoms in total. The number of rotatable bonds is 5. The van der Waals surface area contributed by atoms with E-state index in [0.717, 1.165) is 11.3 Å². The van der Waals surface area contributed by atoms with Gasteiger partial charge in [0, 0.05) is 16.5 Å². The van der Waals surface area contributed by atoms with E-state index < -0.39 is 8.07 Å². The summed E-state index contributed by atoms with van der Waals surface area (Å²) < 4.78 is 5.98. The topological polar surface area (TPSA) is 9.23 Å². The van der Waals surface area contributed by atoms with Gasteiger partial charge in [-0.1, -0.05) is 114 Å². The highest BCUT2D eigenvalue weighted by molar-refractivity contribution is 6.82. The fraction of sp³-hybridized carbons (Fsp3) is 0.407. The summed E-state index contributed by atoms with van der Waals surface area (Å²) >= 11 is 0. The molecule has 1 unspecified atom stereocenters. The summed E-state index contributed by atoms with van der Waals surface area (Å²) in [5, 5.41) is 0.364. The molecule has 2 aromatic carbocycles. The van der Waals surface area contributed by atoms with Crippen molar-refractivity contribution in [3.8, 4) is 16.9 Å². The highest BCUT2D eigenvalue weighted by Gasteiger charge is 2.42. The molecule has 1 aliphatic rings. The van der Waals surface area contributed by atoms with Crippen LogP contribution in [0.1, 0.15) is 40.2 Å². The highest BCUT2D eigenvalue weighted by Crippen LogP contribution is 2.50. The molecule has 2 heteroatoms. The Hall–Kier alpha value is -2.06. The zero-order valence-electron chi connectivity index (χ0n) is 19.3. The molecular formula is C27H36OSi. The maximum atomic E-state index is 5.98. The van der Waals surface area contributed by atoms with E-state index in [4.69, 9.17) is 4.74 Å². The Morgan fingerprint density at radius 1 is 0.862 bits per heavy atom. The zero-order valence-corrected chi connectivity index (χ0v) is 20.3. The molecule has 0 bridgehead atoms. The predicted molar refractivity (Wildman–Crippen MR) is 130 cm³/mol. The Morgan fingerprint density at radius 2 is 1.52 bits per heavy atom. The van der Waals surface area contributed by atoms with Gasteiger partial charge in [-0.2, -0.15) is 0 Å². The largest absolute Gasteiger partial charge is 0.496 e. The third-order valence-corrected chi connectivity index (χ3v) is 13.2. The smallest absolute Gasteiger partial charge is 0.130 e. The van der Waals surface area contributed by atoms with Crippen LogP contribution in [0.5, 0.6) is 5.75 Å². The van der Waals surface area contributed by atoms with E-state index >= 15 is 0 Å². The second kappa shape index (κ2) is 7.64. The van der Waals surface area contributed by atoms with Crippen LogP contribution in [0.3, 0.4) is 0 Å². The number of para-hydroxylation sites is 1. The second-order valence-corrected chi connectivity index (χ2v) is 16.0. The van der Waals surface area contributed by atoms with Crippen molar-refractivity contribution in [1.82, 2.24) is 0 Å². The van der Waals surface area contributed by atoms with Crippen LogP contribution in [-0.4, -0.2) is 15.2 Å². The first-order valence-corrected chi connectivity index (χ1v) is 13.7. The van der Waals surface area contributed by atoms with Gasteiger partial charge in [0.2, 0.25) is 0 Å². The minimum absolute atomic E-state index is 0.121. The van der Waals surface area contributed by atoms with Gasteiger partial charge in [-0.05, 0) is 21.7 Å². The van der Waals surface area contributed by atoms with Crippen molar-refractivity contribution < 1.29 is 4.74 Å². The third kappa shape index (κ3) is 3.87. The molecule has 0 saturated heterocycles. The summed E-state index contributed by atoms with van der Waals surface area (Å²) in [6, 6.07) is 17.1. The molecule has 0 spiro atoms. The van der Waals surface area contributed by atoms with Crippen LogP contribution < -0.4 is 4.74 Å². The minimum Gasteiger partial charge on any atom is -0.496 e. The third-order valence-electron chi connectivity index (χ3n) is 7.31. The summed E-state index contributed by atoms with van der Waals surface area (Å²) in [5.41, 5.74) is 5.44. The number of benzene rings is 2. The molecule has 1 atom stereocenters. The fourth-order valence-electron chi connectivity index (χ4n) is 4.13. The molecule has 0 aliphatic heterocycles. The van der Waals surface area contributed by atoms with Crippen LogP contribution in [0.2, 0.25) is 23.7 Å². The number of methoxy groups -OCH3 is 1. The van der Waals surface area contributed by atoms with Crippen molar-refractivity contribution in [1.29, 1.82) is 0 Å². The monoisotopic (exact) mass is 404 g/mol. The summed E-state index contributed by atoms with van der Waals surface area (Å²) in [6.45, 7) is 16.9. The lowest BCUT2D eigenvalue weighted by molar-refractivity contribution is 0.402. The first-order valence-electron chi connectivity index (χ1n) is 10.6. The van der Waals surface area contributed by atoms with Crippen molar-refractivity contribution in [2.24, 2.45) is 0 Å². The van der Waals surface area contributed by atoms with E-state index in [1.165, 1.54) is 16.7 Å². The first-order chi connectivity index (χ1) is 13.5. The maximum Gasteiger partial charge on any atom is 0.130 e. The van der Waals surface area contributed by atoms with Crippen LogP contribution in [0.25, 0.3) is 11.1 Å². The number of hydrogen-bond acceptors (Lipinski definition) is 1. The molecule has 3 rings (SSSR count). The summed E-state index contributed by atoms with van der Waals surface area (Å²) in [7, 11) is 0.317. The van der Waals surface area contributed by atoms with Gasteiger partial charge in [-0.15, -0.1) is 0 Å². The molecule has 0 fully saturated rings. The van der Waals surface area contributed by atoms with E-state index in [9.17, 15) is 0 Å². The molecule has 154 valence electrons. The van der Waals surface area contributed by atoms with Crippen LogP contribution in [0.15, 0.2) is 72.3 Å². The fourth-order valence-corrected chi connectivity index (χ4v) is 6.30. The normalized spacial score (nSPS) is 17.4. The van der Waals surface area contributed by atoms with Crippen molar-refractivity contribution in [2.75, 3.05) is 7.11 Å². The minimum atomic E-state index is -1.47.